The van der Waals surface area contributed by atoms with E-state index in [1.54, 1.807) is 0 Å². The summed E-state index contributed by atoms with van der Waals surface area (Å²) in [7, 11) is 0. The van der Waals surface area contributed by atoms with Crippen molar-refractivity contribution in [3.8, 4) is 0 Å². The summed E-state index contributed by atoms with van der Waals surface area (Å²) < 4.78 is 0. The first-order valence-electron chi connectivity index (χ1n) is 3.64. The minimum Gasteiger partial charge on any atom is -0.326 e. The molecular formula is C9H10NOS. The molecule has 0 bridgehead atoms. The highest BCUT2D eigenvalue weighted by Gasteiger charge is 1.98. The van der Waals surface area contributed by atoms with Crippen molar-refractivity contribution in [2.75, 3.05) is 5.75 Å². The maximum Gasteiger partial charge on any atom is 0.209 e. The van der Waals surface area contributed by atoms with Gasteiger partial charge >= 0.3 is 0 Å². The van der Waals surface area contributed by atoms with Crippen LogP contribution in [0.2, 0.25) is 0 Å². The van der Waals surface area contributed by atoms with Crippen LogP contribution in [-0.4, -0.2) is 12.0 Å². The van der Waals surface area contributed by atoms with Crippen molar-refractivity contribution in [1.82, 2.24) is 0 Å². The number of carbonyl (C=O) groups excluding carboxylic acids is 1. The Balaban J connectivity index is 2.74. The van der Waals surface area contributed by atoms with Gasteiger partial charge in [0, 0.05) is 11.4 Å². The van der Waals surface area contributed by atoms with Crippen LogP contribution in [0.1, 0.15) is 5.56 Å². The second kappa shape index (κ2) is 4.95. The molecule has 2 nitrogen and oxygen atoms in total. The molecule has 0 heterocycles. The van der Waals surface area contributed by atoms with Gasteiger partial charge in [-0.3, -0.25) is 4.79 Å². The highest BCUT2D eigenvalue weighted by molar-refractivity contribution is 8.00. The molecule has 2 N–H and O–H groups in total. The van der Waals surface area contributed by atoms with Crippen LogP contribution in [-0.2, 0) is 11.3 Å². The fourth-order valence-corrected chi connectivity index (χ4v) is 1.65. The largest absolute Gasteiger partial charge is 0.326 e. The van der Waals surface area contributed by atoms with E-state index in [-0.39, 0.29) is 0 Å². The van der Waals surface area contributed by atoms with Gasteiger partial charge in [0.05, 0.1) is 5.75 Å². The normalized spacial score (nSPS) is 9.75. The Hall–Kier alpha value is -0.800. The van der Waals surface area contributed by atoms with E-state index in [0.29, 0.717) is 12.3 Å². The lowest BCUT2D eigenvalue weighted by Gasteiger charge is -2.03. The number of benzene rings is 1. The third kappa shape index (κ3) is 2.36. The first kappa shape index (κ1) is 9.29. The summed E-state index contributed by atoms with van der Waals surface area (Å²) in [5.41, 5.74) is 6.59. The van der Waals surface area contributed by atoms with E-state index >= 15 is 0 Å². The Morgan fingerprint density at radius 1 is 1.42 bits per heavy atom. The highest BCUT2D eigenvalue weighted by atomic mass is 32.2. The molecule has 0 aliphatic carbocycles. The van der Waals surface area contributed by atoms with Crippen molar-refractivity contribution in [2.24, 2.45) is 5.73 Å². The van der Waals surface area contributed by atoms with Crippen LogP contribution in [0.15, 0.2) is 29.2 Å². The molecule has 1 aromatic rings. The van der Waals surface area contributed by atoms with Gasteiger partial charge in [-0.15, -0.1) is 11.8 Å². The Morgan fingerprint density at radius 2 is 2.17 bits per heavy atom. The van der Waals surface area contributed by atoms with E-state index in [1.165, 1.54) is 11.8 Å². The molecule has 0 saturated carbocycles. The Bertz CT molecular complexity index is 262. The lowest BCUT2D eigenvalue weighted by molar-refractivity contribution is 0.560. The van der Waals surface area contributed by atoms with Crippen LogP contribution < -0.4 is 5.73 Å². The average Bonchev–Trinajstić information content (AvgIpc) is 2.15. The topological polar surface area (TPSA) is 43.1 Å². The van der Waals surface area contributed by atoms with Crippen molar-refractivity contribution in [3.63, 3.8) is 0 Å². The molecule has 0 unspecified atom stereocenters. The van der Waals surface area contributed by atoms with Crippen molar-refractivity contribution in [2.45, 2.75) is 11.4 Å². The smallest absolute Gasteiger partial charge is 0.209 e. The van der Waals surface area contributed by atoms with Crippen molar-refractivity contribution < 1.29 is 4.79 Å². The summed E-state index contributed by atoms with van der Waals surface area (Å²) in [6.45, 7) is 0.516. The quantitative estimate of drug-likeness (QED) is 0.711. The van der Waals surface area contributed by atoms with Gasteiger partial charge in [-0.25, -0.2) is 0 Å². The molecule has 0 aliphatic heterocycles. The second-order valence-electron chi connectivity index (χ2n) is 2.24. The van der Waals surface area contributed by atoms with Crippen molar-refractivity contribution in [3.05, 3.63) is 29.8 Å². The molecule has 0 aromatic heterocycles. The van der Waals surface area contributed by atoms with Gasteiger partial charge in [-0.1, -0.05) is 18.2 Å². The summed E-state index contributed by atoms with van der Waals surface area (Å²) in [5.74, 6) is 0.372. The van der Waals surface area contributed by atoms with Gasteiger partial charge in [0.25, 0.3) is 0 Å². The zero-order valence-electron chi connectivity index (χ0n) is 6.62. The van der Waals surface area contributed by atoms with Gasteiger partial charge in [-0.05, 0) is 11.6 Å². The third-order valence-corrected chi connectivity index (χ3v) is 2.45. The van der Waals surface area contributed by atoms with E-state index in [0.717, 1.165) is 10.5 Å². The number of nitrogens with two attached hydrogens (primary N) is 1. The summed E-state index contributed by atoms with van der Waals surface area (Å²) >= 11 is 1.47. The van der Waals surface area contributed by atoms with Crippen molar-refractivity contribution in [1.29, 1.82) is 0 Å². The fraction of sp³-hybridized carbons (Fsp3) is 0.222. The Morgan fingerprint density at radius 3 is 2.83 bits per heavy atom. The van der Waals surface area contributed by atoms with E-state index in [2.05, 4.69) is 0 Å². The molecule has 63 valence electrons. The van der Waals surface area contributed by atoms with Gasteiger partial charge < -0.3 is 5.73 Å². The number of hydrogen-bond acceptors (Lipinski definition) is 3. The summed E-state index contributed by atoms with van der Waals surface area (Å²) in [6, 6.07) is 7.81. The predicted octanol–water partition coefficient (Wildman–Crippen LogP) is 1.35. The average molecular weight is 180 g/mol. The van der Waals surface area contributed by atoms with Crippen LogP contribution in [0.4, 0.5) is 0 Å². The molecule has 1 rings (SSSR count). The first-order valence-corrected chi connectivity index (χ1v) is 4.63. The second-order valence-corrected chi connectivity index (χ2v) is 3.26. The molecule has 1 aromatic carbocycles. The van der Waals surface area contributed by atoms with Crippen LogP contribution in [0, 0.1) is 0 Å². The summed E-state index contributed by atoms with van der Waals surface area (Å²) in [4.78, 5) is 11.1. The van der Waals surface area contributed by atoms with Gasteiger partial charge in [0.2, 0.25) is 6.29 Å². The summed E-state index contributed by atoms with van der Waals surface area (Å²) in [5, 5.41) is 0. The molecule has 0 spiro atoms. The zero-order valence-corrected chi connectivity index (χ0v) is 7.43. The predicted molar refractivity (Wildman–Crippen MR) is 50.8 cm³/mol. The van der Waals surface area contributed by atoms with Gasteiger partial charge in [0.1, 0.15) is 0 Å². The lowest BCUT2D eigenvalue weighted by atomic mass is 10.2. The minimum absolute atomic E-state index is 0.372. The number of thioether (sulfide) groups is 1. The monoisotopic (exact) mass is 180 g/mol. The SMILES string of the molecule is NCc1ccccc1SC[C]=O. The molecule has 0 amide bonds. The molecule has 12 heavy (non-hydrogen) atoms. The summed E-state index contributed by atoms with van der Waals surface area (Å²) in [6.07, 6.45) is 1.84. The molecule has 0 saturated heterocycles. The molecule has 0 aliphatic rings. The molecule has 0 atom stereocenters. The minimum atomic E-state index is 0.372. The van der Waals surface area contributed by atoms with Crippen molar-refractivity contribution >= 4 is 18.0 Å². The molecule has 3 heteroatoms. The maximum atomic E-state index is 10.0. The number of rotatable bonds is 4. The van der Waals surface area contributed by atoms with Crippen LogP contribution in [0.3, 0.4) is 0 Å². The maximum absolute atomic E-state index is 10.0. The zero-order chi connectivity index (χ0) is 8.81. The fourth-order valence-electron chi connectivity index (χ4n) is 0.920. The lowest BCUT2D eigenvalue weighted by Crippen LogP contribution is -1.98. The van der Waals surface area contributed by atoms with Crippen LogP contribution in [0.5, 0.6) is 0 Å². The van der Waals surface area contributed by atoms with Gasteiger partial charge in [0.15, 0.2) is 0 Å². The standard InChI is InChI=1S/C9H10NOS/c10-7-8-3-1-2-4-9(8)12-6-5-11/h1-4H,6-7,10H2. The molecular weight excluding hydrogens is 170 g/mol. The number of hydrogen-bond donors (Lipinski definition) is 1. The first-order chi connectivity index (χ1) is 5.88. The third-order valence-electron chi connectivity index (χ3n) is 1.48. The van der Waals surface area contributed by atoms with E-state index in [9.17, 15) is 4.79 Å². The Kier molecular flexibility index (Phi) is 3.84. The Labute approximate surface area is 76.2 Å². The van der Waals surface area contributed by atoms with Crippen LogP contribution in [0.25, 0.3) is 0 Å². The van der Waals surface area contributed by atoms with E-state index in [1.807, 2.05) is 30.6 Å². The van der Waals surface area contributed by atoms with E-state index < -0.39 is 0 Å². The molecule has 0 fully saturated rings. The van der Waals surface area contributed by atoms with Crippen LogP contribution >= 0.6 is 11.8 Å². The highest BCUT2D eigenvalue weighted by Crippen LogP contribution is 2.20. The van der Waals surface area contributed by atoms with E-state index in [4.69, 9.17) is 5.73 Å². The van der Waals surface area contributed by atoms with Gasteiger partial charge in [-0.2, -0.15) is 0 Å². The molecule has 1 radical (unpaired) electrons.